The van der Waals surface area contributed by atoms with E-state index in [1.54, 1.807) is 16.8 Å². The van der Waals surface area contributed by atoms with Gasteiger partial charge in [0, 0.05) is 26.9 Å². The van der Waals surface area contributed by atoms with Crippen LogP contribution in [0.5, 0.6) is 5.75 Å². The number of fused-ring (bicyclic) bond motifs is 1. The van der Waals surface area contributed by atoms with Crippen molar-refractivity contribution in [2.24, 2.45) is 0 Å². The van der Waals surface area contributed by atoms with Crippen molar-refractivity contribution in [3.05, 3.63) is 74.9 Å². The molecule has 0 spiro atoms. The van der Waals surface area contributed by atoms with Crippen LogP contribution in [0.3, 0.4) is 0 Å². The Balaban J connectivity index is 1.75. The van der Waals surface area contributed by atoms with Gasteiger partial charge >= 0.3 is 5.97 Å². The molecule has 1 atom stereocenters. The minimum atomic E-state index is -0.578. The lowest BCUT2D eigenvalue weighted by molar-refractivity contribution is -0.139. The van der Waals surface area contributed by atoms with Gasteiger partial charge in [0.25, 0.3) is 0 Å². The zero-order valence-electron chi connectivity index (χ0n) is 19.7. The number of nitrogens with zero attached hydrogens (tertiary/aromatic N) is 3. The number of hydrogen-bond donors (Lipinski definition) is 1. The summed E-state index contributed by atoms with van der Waals surface area (Å²) in [7, 11) is 0. The number of carbonyl (C=O) groups is 1. The van der Waals surface area contributed by atoms with Gasteiger partial charge in [0.15, 0.2) is 0 Å². The molecule has 0 bridgehead atoms. The van der Waals surface area contributed by atoms with Gasteiger partial charge in [0.2, 0.25) is 11.1 Å². The number of aromatic nitrogens is 3. The number of rotatable bonds is 9. The second-order valence-electron chi connectivity index (χ2n) is 7.86. The average molecular weight is 533 g/mol. The van der Waals surface area contributed by atoms with E-state index >= 15 is 0 Å². The van der Waals surface area contributed by atoms with Crippen molar-refractivity contribution in [2.75, 3.05) is 17.7 Å². The molecule has 35 heavy (non-hydrogen) atoms. The number of benzene rings is 2. The molecule has 1 aliphatic heterocycles. The second-order valence-corrected chi connectivity index (χ2v) is 9.93. The van der Waals surface area contributed by atoms with Crippen molar-refractivity contribution in [1.82, 2.24) is 14.8 Å². The van der Waals surface area contributed by atoms with Crippen molar-refractivity contribution < 1.29 is 14.3 Å². The molecule has 184 valence electrons. The molecule has 7 nitrogen and oxygen atoms in total. The summed E-state index contributed by atoms with van der Waals surface area (Å²) in [5.41, 5.74) is 2.69. The van der Waals surface area contributed by atoms with Gasteiger partial charge in [-0.15, -0.1) is 5.10 Å². The number of anilines is 1. The predicted molar refractivity (Wildman–Crippen MR) is 139 cm³/mol. The molecule has 0 saturated carbocycles. The Kier molecular flexibility index (Phi) is 8.26. The van der Waals surface area contributed by atoms with Gasteiger partial charge in [-0.1, -0.05) is 73.1 Å². The molecule has 10 heteroatoms. The van der Waals surface area contributed by atoms with Crippen LogP contribution >= 0.6 is 35.0 Å². The lowest BCUT2D eigenvalue weighted by Gasteiger charge is -2.29. The van der Waals surface area contributed by atoms with E-state index in [2.05, 4.69) is 10.3 Å². The quantitative estimate of drug-likeness (QED) is 0.248. The molecule has 1 unspecified atom stereocenters. The Morgan fingerprint density at radius 1 is 1.20 bits per heavy atom. The molecule has 2 aromatic carbocycles. The van der Waals surface area contributed by atoms with E-state index in [9.17, 15) is 4.79 Å². The maximum absolute atomic E-state index is 13.2. The van der Waals surface area contributed by atoms with Crippen LogP contribution in [0, 0.1) is 0 Å². The number of nitrogens with one attached hydrogen (secondary N) is 1. The summed E-state index contributed by atoms with van der Waals surface area (Å²) in [5.74, 6) is 1.59. The van der Waals surface area contributed by atoms with Crippen molar-refractivity contribution >= 4 is 46.9 Å². The molecule has 1 aromatic heterocycles. The molecule has 0 radical (unpaired) electrons. The largest absolute Gasteiger partial charge is 0.488 e. The van der Waals surface area contributed by atoms with E-state index in [0.29, 0.717) is 44.8 Å². The summed E-state index contributed by atoms with van der Waals surface area (Å²) in [6.07, 6.45) is 0.726. The first-order chi connectivity index (χ1) is 16.9. The Morgan fingerprint density at radius 2 is 2.00 bits per heavy atom. The van der Waals surface area contributed by atoms with E-state index < -0.39 is 12.0 Å². The fraction of sp³-hybridized carbons (Fsp3) is 0.320. The first-order valence-corrected chi connectivity index (χ1v) is 13.1. The summed E-state index contributed by atoms with van der Waals surface area (Å²) in [4.78, 5) is 17.8. The third-order valence-electron chi connectivity index (χ3n) is 5.38. The normalized spacial score (nSPS) is 14.9. The number of thioether (sulfide) groups is 1. The molecule has 1 aliphatic rings. The van der Waals surface area contributed by atoms with Gasteiger partial charge in [-0.3, -0.25) is 0 Å². The van der Waals surface area contributed by atoms with Gasteiger partial charge in [-0.25, -0.2) is 9.48 Å². The molecule has 3 aromatic rings. The SMILES string of the molecule is CCCOC(=O)C1=C(C)Nc2nc(SCC)nn2C1c1ccccc1OCc1ccc(Cl)cc1Cl. The number of allylic oxidation sites excluding steroid dienone is 1. The van der Waals surface area contributed by atoms with Crippen LogP contribution in [0.15, 0.2) is 58.9 Å². The van der Waals surface area contributed by atoms with E-state index in [-0.39, 0.29) is 6.61 Å². The van der Waals surface area contributed by atoms with Crippen LogP contribution in [0.1, 0.15) is 44.4 Å². The maximum atomic E-state index is 13.2. The topological polar surface area (TPSA) is 78.3 Å². The van der Waals surface area contributed by atoms with E-state index in [1.165, 1.54) is 11.8 Å². The highest BCUT2D eigenvalue weighted by molar-refractivity contribution is 7.99. The van der Waals surface area contributed by atoms with E-state index in [4.69, 9.17) is 37.8 Å². The highest BCUT2D eigenvalue weighted by atomic mass is 35.5. The summed E-state index contributed by atoms with van der Waals surface area (Å²) >= 11 is 13.9. The fourth-order valence-corrected chi connectivity index (χ4v) is 4.80. The molecule has 0 saturated heterocycles. The Morgan fingerprint density at radius 3 is 2.74 bits per heavy atom. The second kappa shape index (κ2) is 11.4. The number of esters is 1. The fourth-order valence-electron chi connectivity index (χ4n) is 3.78. The number of halogens is 2. The van der Waals surface area contributed by atoms with Gasteiger partial charge < -0.3 is 14.8 Å². The molecule has 0 aliphatic carbocycles. The third-order valence-corrected chi connectivity index (χ3v) is 6.68. The first-order valence-electron chi connectivity index (χ1n) is 11.3. The van der Waals surface area contributed by atoms with Gasteiger partial charge in [0.05, 0.1) is 12.2 Å². The molecule has 2 heterocycles. The van der Waals surface area contributed by atoms with Crippen molar-refractivity contribution in [3.63, 3.8) is 0 Å². The van der Waals surface area contributed by atoms with Crippen LogP contribution in [0.4, 0.5) is 5.95 Å². The lowest BCUT2D eigenvalue weighted by Crippen LogP contribution is -2.30. The Hall–Kier alpha value is -2.68. The van der Waals surface area contributed by atoms with Crippen LogP contribution in [-0.4, -0.2) is 33.1 Å². The van der Waals surface area contributed by atoms with E-state index in [0.717, 1.165) is 23.3 Å². The van der Waals surface area contributed by atoms with Gasteiger partial charge in [0.1, 0.15) is 18.4 Å². The Bertz CT molecular complexity index is 1260. The minimum Gasteiger partial charge on any atom is -0.488 e. The highest BCUT2D eigenvalue weighted by Crippen LogP contribution is 2.40. The van der Waals surface area contributed by atoms with Crippen LogP contribution in [0.2, 0.25) is 10.0 Å². The molecular weight excluding hydrogens is 507 g/mol. The molecule has 4 rings (SSSR count). The molecule has 0 amide bonds. The Labute approximate surface area is 218 Å². The number of ether oxygens (including phenoxy) is 2. The van der Waals surface area contributed by atoms with Gasteiger partial charge in [-0.05, 0) is 37.3 Å². The number of para-hydroxylation sites is 1. The first kappa shape index (κ1) is 25.4. The summed E-state index contributed by atoms with van der Waals surface area (Å²) in [5, 5.41) is 9.63. The molecular formula is C25H26Cl2N4O3S. The monoisotopic (exact) mass is 532 g/mol. The summed E-state index contributed by atoms with van der Waals surface area (Å²) in [6, 6.07) is 12.3. The standard InChI is InChI=1S/C25H26Cl2N4O3S/c1-4-12-33-23(32)21-15(3)28-24-29-25(35-5-2)30-31(24)22(21)18-8-6-7-9-20(18)34-14-16-10-11-17(26)13-19(16)27/h6-11,13,22H,4-5,12,14H2,1-3H3,(H,28,29,30). The summed E-state index contributed by atoms with van der Waals surface area (Å²) in [6.45, 7) is 6.41. The summed E-state index contributed by atoms with van der Waals surface area (Å²) < 4.78 is 13.5. The number of carbonyl (C=O) groups excluding carboxylic acids is 1. The third kappa shape index (κ3) is 5.60. The highest BCUT2D eigenvalue weighted by Gasteiger charge is 2.36. The molecule has 1 N–H and O–H groups in total. The maximum Gasteiger partial charge on any atom is 0.338 e. The molecule has 0 fully saturated rings. The van der Waals surface area contributed by atoms with Crippen molar-refractivity contribution in [2.45, 2.75) is 45.0 Å². The van der Waals surface area contributed by atoms with Crippen molar-refractivity contribution in [3.8, 4) is 5.75 Å². The van der Waals surface area contributed by atoms with Crippen molar-refractivity contribution in [1.29, 1.82) is 0 Å². The van der Waals surface area contributed by atoms with Gasteiger partial charge in [-0.2, -0.15) is 4.98 Å². The number of hydrogen-bond acceptors (Lipinski definition) is 7. The van der Waals surface area contributed by atoms with Crippen LogP contribution in [0.25, 0.3) is 0 Å². The zero-order valence-corrected chi connectivity index (χ0v) is 22.0. The average Bonchev–Trinajstić information content (AvgIpc) is 3.23. The zero-order chi connectivity index (χ0) is 24.9. The van der Waals surface area contributed by atoms with Crippen LogP contribution in [-0.2, 0) is 16.1 Å². The smallest absolute Gasteiger partial charge is 0.338 e. The van der Waals surface area contributed by atoms with Crippen LogP contribution < -0.4 is 10.1 Å². The van der Waals surface area contributed by atoms with E-state index in [1.807, 2.05) is 51.1 Å². The predicted octanol–water partition coefficient (Wildman–Crippen LogP) is 6.52. The minimum absolute atomic E-state index is 0.234. The lowest BCUT2D eigenvalue weighted by atomic mass is 9.95.